The van der Waals surface area contributed by atoms with Crippen molar-refractivity contribution in [2.24, 2.45) is 0 Å². The third-order valence-corrected chi connectivity index (χ3v) is 3.38. The topological polar surface area (TPSA) is 60.8 Å². The van der Waals surface area contributed by atoms with E-state index in [9.17, 15) is 19.4 Å². The predicted molar refractivity (Wildman–Crippen MR) is 68.4 cm³/mol. The lowest BCUT2D eigenvalue weighted by molar-refractivity contribution is 0.0572. The zero-order valence-electron chi connectivity index (χ0n) is 10.6. The first kappa shape index (κ1) is 14.1. The van der Waals surface area contributed by atoms with Crippen molar-refractivity contribution in [3.63, 3.8) is 0 Å². The summed E-state index contributed by atoms with van der Waals surface area (Å²) in [6, 6.07) is 5.53. The molecule has 0 aliphatic carbocycles. The number of aliphatic hydroxyl groups is 2. The molecule has 0 spiro atoms. The third kappa shape index (κ3) is 3.83. The molecule has 0 saturated carbocycles. The first-order chi connectivity index (χ1) is 9.06. The molecule has 0 aromatic heterocycles. The number of hydrogen-bond acceptors (Lipinski definition) is 4. The largest absolute Gasteiger partial charge is 0.389 e. The van der Waals surface area contributed by atoms with Crippen LogP contribution in [0, 0.1) is 5.82 Å². The fourth-order valence-electron chi connectivity index (χ4n) is 2.27. The van der Waals surface area contributed by atoms with Crippen LogP contribution in [0.4, 0.5) is 4.39 Å². The van der Waals surface area contributed by atoms with E-state index in [1.54, 1.807) is 0 Å². The lowest BCUT2D eigenvalue weighted by atomic mass is 10.1. The molecule has 1 saturated heterocycles. The van der Waals surface area contributed by atoms with Gasteiger partial charge in [0.15, 0.2) is 5.78 Å². The fraction of sp³-hybridized carbons (Fsp3) is 0.500. The zero-order valence-corrected chi connectivity index (χ0v) is 10.6. The molecule has 1 aromatic carbocycles. The summed E-state index contributed by atoms with van der Waals surface area (Å²) in [6.07, 6.45) is -0.329. The van der Waals surface area contributed by atoms with Crippen LogP contribution in [-0.4, -0.2) is 52.7 Å². The number of halogens is 1. The molecule has 1 fully saturated rings. The molecule has 4 nitrogen and oxygen atoms in total. The second kappa shape index (κ2) is 6.23. The van der Waals surface area contributed by atoms with Crippen molar-refractivity contribution >= 4 is 5.78 Å². The van der Waals surface area contributed by atoms with Gasteiger partial charge < -0.3 is 10.2 Å². The molecule has 0 amide bonds. The van der Waals surface area contributed by atoms with E-state index in [2.05, 4.69) is 0 Å². The van der Waals surface area contributed by atoms with E-state index in [0.29, 0.717) is 38.0 Å². The molecular weight excluding hydrogens is 249 g/mol. The number of rotatable bonds is 5. The van der Waals surface area contributed by atoms with E-state index in [-0.39, 0.29) is 11.6 Å². The predicted octanol–water partition coefficient (Wildman–Crippen LogP) is 0.826. The van der Waals surface area contributed by atoms with Crippen LogP contribution in [0.3, 0.4) is 0 Å². The van der Waals surface area contributed by atoms with Crippen LogP contribution in [0.5, 0.6) is 0 Å². The molecule has 0 radical (unpaired) electrons. The lowest BCUT2D eigenvalue weighted by Crippen LogP contribution is -2.23. The van der Waals surface area contributed by atoms with Crippen LogP contribution in [0.2, 0.25) is 0 Å². The van der Waals surface area contributed by atoms with Crippen molar-refractivity contribution < 1.29 is 19.4 Å². The summed E-state index contributed by atoms with van der Waals surface area (Å²) in [4.78, 5) is 13.8. The molecule has 0 bridgehead atoms. The van der Waals surface area contributed by atoms with Crippen LogP contribution < -0.4 is 0 Å². The molecule has 2 unspecified atom stereocenters. The molecule has 19 heavy (non-hydrogen) atoms. The highest BCUT2D eigenvalue weighted by Gasteiger charge is 2.28. The van der Waals surface area contributed by atoms with Crippen LogP contribution in [-0.2, 0) is 0 Å². The number of nitrogens with zero attached hydrogens (tertiary/aromatic N) is 1. The molecule has 1 aliphatic rings. The zero-order chi connectivity index (χ0) is 13.8. The van der Waals surface area contributed by atoms with Gasteiger partial charge in [0, 0.05) is 25.1 Å². The highest BCUT2D eigenvalue weighted by molar-refractivity contribution is 5.95. The van der Waals surface area contributed by atoms with Gasteiger partial charge in [-0.1, -0.05) is 0 Å². The highest BCUT2D eigenvalue weighted by Crippen LogP contribution is 2.12. The number of ketones is 1. The Morgan fingerprint density at radius 2 is 1.79 bits per heavy atom. The van der Waals surface area contributed by atoms with Gasteiger partial charge in [-0.3, -0.25) is 9.69 Å². The third-order valence-electron chi connectivity index (χ3n) is 3.38. The Morgan fingerprint density at radius 3 is 2.37 bits per heavy atom. The lowest BCUT2D eigenvalue weighted by Gasteiger charge is -2.13. The van der Waals surface area contributed by atoms with Crippen LogP contribution >= 0.6 is 0 Å². The number of Topliss-reactive ketones (excluding diaryl/α,β-unsaturated/α-hetero) is 1. The SMILES string of the molecule is O=C(CCCN1CC(O)C(O)C1)c1ccc(F)cc1. The van der Waals surface area contributed by atoms with Gasteiger partial charge in [0.05, 0.1) is 12.2 Å². The van der Waals surface area contributed by atoms with Gasteiger partial charge in [-0.15, -0.1) is 0 Å². The van der Waals surface area contributed by atoms with Gasteiger partial charge >= 0.3 is 0 Å². The number of β-amino-alcohol motifs (C(OH)–C–C–N with tert-alkyl or cyclic N) is 2. The molecule has 5 heteroatoms. The summed E-state index contributed by atoms with van der Waals surface area (Å²) in [7, 11) is 0. The fourth-order valence-corrected chi connectivity index (χ4v) is 2.27. The maximum atomic E-state index is 12.7. The number of carbonyl (C=O) groups is 1. The van der Waals surface area contributed by atoms with Gasteiger partial charge in [-0.05, 0) is 37.2 Å². The van der Waals surface area contributed by atoms with Gasteiger partial charge in [-0.2, -0.15) is 0 Å². The first-order valence-corrected chi connectivity index (χ1v) is 6.43. The minimum Gasteiger partial charge on any atom is -0.389 e. The van der Waals surface area contributed by atoms with Crippen molar-refractivity contribution in [2.45, 2.75) is 25.0 Å². The quantitative estimate of drug-likeness (QED) is 0.776. The summed E-state index contributed by atoms with van der Waals surface area (Å²) in [5, 5.41) is 18.8. The van der Waals surface area contributed by atoms with E-state index >= 15 is 0 Å². The van der Waals surface area contributed by atoms with Gasteiger partial charge in [0.1, 0.15) is 5.82 Å². The molecular formula is C14H18FNO3. The Balaban J connectivity index is 1.74. The minimum absolute atomic E-state index is 0.0136. The number of likely N-dealkylation sites (tertiary alicyclic amines) is 1. The summed E-state index contributed by atoms with van der Waals surface area (Å²) in [5.41, 5.74) is 0.517. The maximum Gasteiger partial charge on any atom is 0.162 e. The molecule has 2 atom stereocenters. The summed E-state index contributed by atoms with van der Waals surface area (Å²) >= 11 is 0. The number of aliphatic hydroxyl groups excluding tert-OH is 2. The van der Waals surface area contributed by atoms with Gasteiger partial charge in [0.25, 0.3) is 0 Å². The standard InChI is InChI=1S/C14H18FNO3/c15-11-5-3-10(4-6-11)12(17)2-1-7-16-8-13(18)14(19)9-16/h3-6,13-14,18-19H,1-2,7-9H2. The van der Waals surface area contributed by atoms with Crippen LogP contribution in [0.1, 0.15) is 23.2 Å². The number of carbonyl (C=O) groups excluding carboxylic acids is 1. The van der Waals surface area contributed by atoms with E-state index < -0.39 is 12.2 Å². The van der Waals surface area contributed by atoms with E-state index in [1.165, 1.54) is 24.3 Å². The maximum absolute atomic E-state index is 12.7. The van der Waals surface area contributed by atoms with E-state index in [1.807, 2.05) is 4.90 Å². The minimum atomic E-state index is -0.687. The summed E-state index contributed by atoms with van der Waals surface area (Å²) in [5.74, 6) is -0.364. The smallest absolute Gasteiger partial charge is 0.162 e. The molecule has 2 N–H and O–H groups in total. The van der Waals surface area contributed by atoms with Crippen LogP contribution in [0.15, 0.2) is 24.3 Å². The summed E-state index contributed by atoms with van der Waals surface area (Å²) < 4.78 is 12.7. The molecule has 1 heterocycles. The first-order valence-electron chi connectivity index (χ1n) is 6.43. The Bertz CT molecular complexity index is 425. The average molecular weight is 267 g/mol. The van der Waals surface area contributed by atoms with Crippen molar-refractivity contribution in [2.75, 3.05) is 19.6 Å². The Kier molecular flexibility index (Phi) is 4.63. The van der Waals surface area contributed by atoms with Gasteiger partial charge in [-0.25, -0.2) is 4.39 Å². The van der Waals surface area contributed by atoms with Crippen molar-refractivity contribution in [1.82, 2.24) is 4.90 Å². The molecule has 1 aromatic rings. The van der Waals surface area contributed by atoms with Crippen molar-refractivity contribution in [1.29, 1.82) is 0 Å². The highest BCUT2D eigenvalue weighted by atomic mass is 19.1. The van der Waals surface area contributed by atoms with Crippen LogP contribution in [0.25, 0.3) is 0 Å². The van der Waals surface area contributed by atoms with Crippen molar-refractivity contribution in [3.8, 4) is 0 Å². The monoisotopic (exact) mass is 267 g/mol. The molecule has 2 rings (SSSR count). The number of hydrogen-bond donors (Lipinski definition) is 2. The Morgan fingerprint density at radius 1 is 1.21 bits per heavy atom. The van der Waals surface area contributed by atoms with Gasteiger partial charge in [0.2, 0.25) is 0 Å². The normalized spacial score (nSPS) is 23.7. The second-order valence-electron chi connectivity index (χ2n) is 4.93. The van der Waals surface area contributed by atoms with E-state index in [4.69, 9.17) is 0 Å². The second-order valence-corrected chi connectivity index (χ2v) is 4.93. The summed E-state index contributed by atoms with van der Waals surface area (Å²) in [6.45, 7) is 1.57. The number of benzene rings is 1. The van der Waals surface area contributed by atoms with E-state index in [0.717, 1.165) is 0 Å². The average Bonchev–Trinajstić information content (AvgIpc) is 2.69. The van der Waals surface area contributed by atoms with Crippen molar-refractivity contribution in [3.05, 3.63) is 35.6 Å². The molecule has 104 valence electrons. The molecule has 1 aliphatic heterocycles. The Hall–Kier alpha value is -1.30. The Labute approximate surface area is 111 Å².